The molecule has 0 aromatic heterocycles. The van der Waals surface area contributed by atoms with Crippen LogP contribution in [0.25, 0.3) is 0 Å². The normalized spacial score (nSPS) is 33.1. The van der Waals surface area contributed by atoms with E-state index in [0.717, 1.165) is 12.1 Å². The van der Waals surface area contributed by atoms with E-state index in [1.165, 1.54) is 44.3 Å². The molecule has 1 aromatic rings. The van der Waals surface area contributed by atoms with Crippen LogP contribution in [0.5, 0.6) is 0 Å². The van der Waals surface area contributed by atoms with E-state index in [-0.39, 0.29) is 12.2 Å². The van der Waals surface area contributed by atoms with Gasteiger partial charge in [0.15, 0.2) is 0 Å². The third kappa shape index (κ3) is 3.09. The molecule has 4 rings (SSSR count). The lowest BCUT2D eigenvalue weighted by Gasteiger charge is -2.43. The fourth-order valence-corrected chi connectivity index (χ4v) is 4.81. The number of rotatable bonds is 2. The topological polar surface area (TPSA) is 41.6 Å². The number of hydrogen-bond acceptors (Lipinski definition) is 3. The molecule has 0 radical (unpaired) electrons. The van der Waals surface area contributed by atoms with Crippen LogP contribution in [0.1, 0.15) is 37.7 Å². The number of anilines is 1. The summed E-state index contributed by atoms with van der Waals surface area (Å²) in [5.41, 5.74) is 1.99. The van der Waals surface area contributed by atoms with Crippen molar-refractivity contribution >= 4 is 11.8 Å². The predicted molar refractivity (Wildman–Crippen MR) is 90.5 cm³/mol. The number of aryl methyl sites for hydroxylation is 1. The van der Waals surface area contributed by atoms with Gasteiger partial charge in [0.05, 0.1) is 0 Å². The molecule has 1 amide bonds. The van der Waals surface area contributed by atoms with Crippen molar-refractivity contribution in [1.29, 1.82) is 0 Å². The van der Waals surface area contributed by atoms with Crippen LogP contribution >= 0.6 is 0 Å². The van der Waals surface area contributed by atoms with E-state index in [2.05, 4.69) is 10.2 Å². The van der Waals surface area contributed by atoms with Crippen LogP contribution in [-0.2, 0) is 4.74 Å². The molecule has 4 nitrogen and oxygen atoms in total. The van der Waals surface area contributed by atoms with Crippen molar-refractivity contribution in [2.24, 2.45) is 11.8 Å². The van der Waals surface area contributed by atoms with Gasteiger partial charge >= 0.3 is 6.09 Å². The third-order valence-electron chi connectivity index (χ3n) is 5.86. The van der Waals surface area contributed by atoms with Gasteiger partial charge in [0.1, 0.15) is 6.10 Å². The van der Waals surface area contributed by atoms with Crippen molar-refractivity contribution in [3.63, 3.8) is 0 Å². The molecule has 2 bridgehead atoms. The second kappa shape index (κ2) is 6.16. The maximum Gasteiger partial charge on any atom is 0.411 e. The number of amides is 1. The standard InChI is InChI=1S/C19H26N2O2/c1-13-5-7-15(8-6-13)20-19(22)23-18-11-14-10-16(18)17-4-2-3-9-21(17)12-14/h5-8,14,16-18H,2-4,9-12H2,1H3,(H,20,22)/t14?,16?,17-,18?/m1/s1. The van der Waals surface area contributed by atoms with Crippen LogP contribution in [0.3, 0.4) is 0 Å². The first-order valence-electron chi connectivity index (χ1n) is 8.97. The summed E-state index contributed by atoms with van der Waals surface area (Å²) >= 11 is 0. The highest BCUT2D eigenvalue weighted by Crippen LogP contribution is 2.45. The summed E-state index contributed by atoms with van der Waals surface area (Å²) in [6.07, 6.45) is 6.01. The molecule has 4 atom stereocenters. The molecule has 1 aromatic carbocycles. The molecular weight excluding hydrogens is 288 g/mol. The lowest BCUT2D eigenvalue weighted by atomic mass is 9.84. The summed E-state index contributed by atoms with van der Waals surface area (Å²) in [4.78, 5) is 14.9. The molecule has 3 unspecified atom stereocenters. The molecular formula is C19H26N2O2. The van der Waals surface area contributed by atoms with Crippen molar-refractivity contribution in [2.75, 3.05) is 18.4 Å². The number of nitrogens with one attached hydrogen (secondary N) is 1. The van der Waals surface area contributed by atoms with Crippen molar-refractivity contribution in [2.45, 2.75) is 51.2 Å². The van der Waals surface area contributed by atoms with Crippen LogP contribution in [0, 0.1) is 18.8 Å². The molecule has 1 aliphatic carbocycles. The predicted octanol–water partition coefficient (Wildman–Crippen LogP) is 3.81. The molecule has 1 saturated carbocycles. The van der Waals surface area contributed by atoms with E-state index in [4.69, 9.17) is 4.74 Å². The Kier molecular flexibility index (Phi) is 4.02. The molecule has 2 aliphatic heterocycles. The van der Waals surface area contributed by atoms with Gasteiger partial charge in [0, 0.05) is 24.2 Å². The lowest BCUT2D eigenvalue weighted by molar-refractivity contribution is 0.0181. The van der Waals surface area contributed by atoms with Gasteiger partial charge in [-0.1, -0.05) is 24.1 Å². The second-order valence-electron chi connectivity index (χ2n) is 7.49. The Bertz CT molecular complexity index is 571. The van der Waals surface area contributed by atoms with Crippen LogP contribution in [0.15, 0.2) is 24.3 Å². The molecule has 3 aliphatic rings. The van der Waals surface area contributed by atoms with Gasteiger partial charge in [0.2, 0.25) is 0 Å². The first-order chi connectivity index (χ1) is 11.2. The maximum absolute atomic E-state index is 12.3. The molecule has 124 valence electrons. The van der Waals surface area contributed by atoms with E-state index in [1.807, 2.05) is 31.2 Å². The number of fused-ring (bicyclic) bond motifs is 4. The van der Waals surface area contributed by atoms with Crippen molar-refractivity contribution in [1.82, 2.24) is 4.90 Å². The number of carbonyl (C=O) groups excluding carboxylic acids is 1. The SMILES string of the molecule is Cc1ccc(NC(=O)OC2CC3CC2[C@H]2CCCCN2C3)cc1. The average Bonchev–Trinajstić information content (AvgIpc) is 2.86. The monoisotopic (exact) mass is 314 g/mol. The van der Waals surface area contributed by atoms with Crippen molar-refractivity contribution < 1.29 is 9.53 Å². The Morgan fingerprint density at radius 1 is 1.22 bits per heavy atom. The lowest BCUT2D eigenvalue weighted by Crippen LogP contribution is -2.49. The highest BCUT2D eigenvalue weighted by Gasteiger charge is 2.48. The van der Waals surface area contributed by atoms with Gasteiger partial charge in [-0.2, -0.15) is 0 Å². The van der Waals surface area contributed by atoms with Crippen LogP contribution < -0.4 is 5.32 Å². The summed E-state index contributed by atoms with van der Waals surface area (Å²) < 4.78 is 5.83. The minimum absolute atomic E-state index is 0.0959. The Morgan fingerprint density at radius 3 is 2.87 bits per heavy atom. The summed E-state index contributed by atoms with van der Waals surface area (Å²) in [7, 11) is 0. The maximum atomic E-state index is 12.3. The number of carbonyl (C=O) groups is 1. The van der Waals surface area contributed by atoms with E-state index in [0.29, 0.717) is 17.9 Å². The highest BCUT2D eigenvalue weighted by atomic mass is 16.6. The van der Waals surface area contributed by atoms with Gasteiger partial charge in [0.25, 0.3) is 0 Å². The van der Waals surface area contributed by atoms with E-state index in [1.54, 1.807) is 0 Å². The number of benzene rings is 1. The quantitative estimate of drug-likeness (QED) is 0.902. The number of nitrogens with zero attached hydrogens (tertiary/aromatic N) is 1. The zero-order chi connectivity index (χ0) is 15.8. The second-order valence-corrected chi connectivity index (χ2v) is 7.49. The number of ether oxygens (including phenoxy) is 1. The number of hydrogen-bond donors (Lipinski definition) is 1. The minimum Gasteiger partial charge on any atom is -0.446 e. The van der Waals surface area contributed by atoms with Gasteiger partial charge < -0.3 is 4.74 Å². The molecule has 4 heteroatoms. The number of piperidine rings is 2. The van der Waals surface area contributed by atoms with Crippen molar-refractivity contribution in [3.8, 4) is 0 Å². The Balaban J connectivity index is 1.38. The Labute approximate surface area is 138 Å². The molecule has 1 N–H and O–H groups in total. The summed E-state index contributed by atoms with van der Waals surface area (Å²) in [5, 5.41) is 2.87. The average molecular weight is 314 g/mol. The molecule has 2 saturated heterocycles. The van der Waals surface area contributed by atoms with Crippen LogP contribution in [0.2, 0.25) is 0 Å². The van der Waals surface area contributed by atoms with E-state index >= 15 is 0 Å². The summed E-state index contributed by atoms with van der Waals surface area (Å²) in [5.74, 6) is 1.25. The highest BCUT2D eigenvalue weighted by molar-refractivity contribution is 5.84. The van der Waals surface area contributed by atoms with Gasteiger partial charge in [-0.15, -0.1) is 0 Å². The molecule has 0 spiro atoms. The van der Waals surface area contributed by atoms with Gasteiger partial charge in [-0.05, 0) is 57.2 Å². The zero-order valence-corrected chi connectivity index (χ0v) is 13.8. The van der Waals surface area contributed by atoms with E-state index in [9.17, 15) is 4.79 Å². The van der Waals surface area contributed by atoms with Gasteiger partial charge in [-0.25, -0.2) is 4.79 Å². The van der Waals surface area contributed by atoms with E-state index < -0.39 is 0 Å². The van der Waals surface area contributed by atoms with Crippen LogP contribution in [0.4, 0.5) is 10.5 Å². The fourth-order valence-electron chi connectivity index (χ4n) is 4.81. The first-order valence-corrected chi connectivity index (χ1v) is 8.97. The summed E-state index contributed by atoms with van der Waals surface area (Å²) in [6, 6.07) is 8.48. The fraction of sp³-hybridized carbons (Fsp3) is 0.632. The largest absolute Gasteiger partial charge is 0.446 e. The summed E-state index contributed by atoms with van der Waals surface area (Å²) in [6.45, 7) is 4.48. The first kappa shape index (κ1) is 15.0. The Morgan fingerprint density at radius 2 is 2.04 bits per heavy atom. The molecule has 2 heterocycles. The minimum atomic E-state index is -0.297. The van der Waals surface area contributed by atoms with Crippen molar-refractivity contribution in [3.05, 3.63) is 29.8 Å². The smallest absolute Gasteiger partial charge is 0.411 e. The zero-order valence-electron chi connectivity index (χ0n) is 13.8. The van der Waals surface area contributed by atoms with Gasteiger partial charge in [-0.3, -0.25) is 10.2 Å². The third-order valence-corrected chi connectivity index (χ3v) is 5.86. The Hall–Kier alpha value is -1.55. The van der Waals surface area contributed by atoms with Crippen LogP contribution in [-0.4, -0.2) is 36.2 Å². The molecule has 3 fully saturated rings. The molecule has 23 heavy (non-hydrogen) atoms.